The number of rotatable bonds is 4. The van der Waals surface area contributed by atoms with Gasteiger partial charge in [0.15, 0.2) is 5.82 Å². The van der Waals surface area contributed by atoms with Crippen molar-refractivity contribution in [1.82, 2.24) is 4.90 Å². The molecule has 1 aliphatic heterocycles. The van der Waals surface area contributed by atoms with Gasteiger partial charge in [-0.05, 0) is 63.3 Å². The molecular formula is C19H20ClF2N3O. The summed E-state index contributed by atoms with van der Waals surface area (Å²) in [5, 5.41) is 5.69. The van der Waals surface area contributed by atoms with E-state index in [2.05, 4.69) is 22.6 Å². The van der Waals surface area contributed by atoms with E-state index >= 15 is 0 Å². The number of nitrogens with zero attached hydrogens (tertiary/aromatic N) is 1. The summed E-state index contributed by atoms with van der Waals surface area (Å²) in [6.45, 7) is 1.91. The van der Waals surface area contributed by atoms with Gasteiger partial charge < -0.3 is 15.5 Å². The Bertz CT molecular complexity index is 807. The number of likely N-dealkylation sites (tertiary alicyclic amines) is 1. The molecule has 0 radical (unpaired) electrons. The Kier molecular flexibility index (Phi) is 5.74. The topological polar surface area (TPSA) is 44.4 Å². The molecule has 0 atom stereocenters. The fourth-order valence-electron chi connectivity index (χ4n) is 2.98. The van der Waals surface area contributed by atoms with Gasteiger partial charge in [0.2, 0.25) is 0 Å². The molecule has 138 valence electrons. The van der Waals surface area contributed by atoms with Gasteiger partial charge in [0, 0.05) is 6.04 Å². The SMILES string of the molecule is CN1CCC(Nc2cccc(NC(=O)c3ccc(F)cc3Cl)c2F)CC1. The number of nitrogens with one attached hydrogen (secondary N) is 2. The summed E-state index contributed by atoms with van der Waals surface area (Å²) in [4.78, 5) is 14.6. The molecule has 2 aromatic rings. The lowest BCUT2D eigenvalue weighted by atomic mass is 10.0. The average molecular weight is 380 g/mol. The summed E-state index contributed by atoms with van der Waals surface area (Å²) in [6.07, 6.45) is 1.86. The second-order valence-corrected chi connectivity index (χ2v) is 6.87. The first-order valence-electron chi connectivity index (χ1n) is 8.44. The molecule has 7 heteroatoms. The molecule has 0 saturated carbocycles. The fraction of sp³-hybridized carbons (Fsp3) is 0.316. The monoisotopic (exact) mass is 379 g/mol. The zero-order chi connectivity index (χ0) is 18.7. The van der Waals surface area contributed by atoms with Gasteiger partial charge in [-0.25, -0.2) is 8.78 Å². The van der Waals surface area contributed by atoms with Crippen molar-refractivity contribution in [3.05, 3.63) is 58.6 Å². The molecule has 1 amide bonds. The van der Waals surface area contributed by atoms with Crippen molar-refractivity contribution in [2.75, 3.05) is 30.8 Å². The summed E-state index contributed by atoms with van der Waals surface area (Å²) >= 11 is 5.89. The van der Waals surface area contributed by atoms with Crippen LogP contribution < -0.4 is 10.6 Å². The molecule has 2 N–H and O–H groups in total. The molecule has 2 aromatic carbocycles. The molecule has 0 bridgehead atoms. The second kappa shape index (κ2) is 8.01. The van der Waals surface area contributed by atoms with Crippen LogP contribution >= 0.6 is 11.6 Å². The minimum absolute atomic E-state index is 0.0245. The van der Waals surface area contributed by atoms with Gasteiger partial charge in [0.25, 0.3) is 5.91 Å². The molecule has 0 aliphatic carbocycles. The number of hydrogen-bond acceptors (Lipinski definition) is 3. The number of halogens is 3. The highest BCUT2D eigenvalue weighted by atomic mass is 35.5. The second-order valence-electron chi connectivity index (χ2n) is 6.47. The van der Waals surface area contributed by atoms with E-state index in [0.717, 1.165) is 38.1 Å². The smallest absolute Gasteiger partial charge is 0.257 e. The number of carbonyl (C=O) groups is 1. The van der Waals surface area contributed by atoms with Crippen LogP contribution in [0.1, 0.15) is 23.2 Å². The number of hydrogen-bond donors (Lipinski definition) is 2. The van der Waals surface area contributed by atoms with Crippen LogP contribution in [-0.2, 0) is 0 Å². The van der Waals surface area contributed by atoms with E-state index in [4.69, 9.17) is 11.6 Å². The van der Waals surface area contributed by atoms with Gasteiger partial charge in [-0.2, -0.15) is 0 Å². The molecule has 1 saturated heterocycles. The van der Waals surface area contributed by atoms with E-state index in [0.29, 0.717) is 5.69 Å². The van der Waals surface area contributed by atoms with Crippen LogP contribution in [-0.4, -0.2) is 37.0 Å². The predicted octanol–water partition coefficient (Wildman–Crippen LogP) is 4.38. The molecule has 0 spiro atoms. The Balaban J connectivity index is 1.73. The maximum Gasteiger partial charge on any atom is 0.257 e. The summed E-state index contributed by atoms with van der Waals surface area (Å²) in [7, 11) is 2.06. The first-order valence-corrected chi connectivity index (χ1v) is 8.82. The van der Waals surface area contributed by atoms with Gasteiger partial charge in [-0.1, -0.05) is 17.7 Å². The Hall–Kier alpha value is -2.18. The molecule has 0 unspecified atom stereocenters. The minimum Gasteiger partial charge on any atom is -0.380 e. The zero-order valence-electron chi connectivity index (χ0n) is 14.4. The summed E-state index contributed by atoms with van der Waals surface area (Å²) in [6, 6.07) is 8.44. The van der Waals surface area contributed by atoms with E-state index in [1.165, 1.54) is 12.1 Å². The molecule has 1 aliphatic rings. The molecule has 26 heavy (non-hydrogen) atoms. The molecule has 1 heterocycles. The number of piperidine rings is 1. The highest BCUT2D eigenvalue weighted by Gasteiger charge is 2.19. The minimum atomic E-state index is -0.592. The van der Waals surface area contributed by atoms with E-state index in [-0.39, 0.29) is 22.3 Å². The standard InChI is InChI=1S/C19H20ClF2N3O/c1-25-9-7-13(8-10-25)23-16-3-2-4-17(18(16)22)24-19(26)14-6-5-12(21)11-15(14)20/h2-6,11,13,23H,7-10H2,1H3,(H,24,26). The first kappa shape index (κ1) is 18.6. The maximum absolute atomic E-state index is 14.8. The van der Waals surface area contributed by atoms with E-state index in [9.17, 15) is 13.6 Å². The third-order valence-corrected chi connectivity index (χ3v) is 4.81. The third kappa shape index (κ3) is 4.31. The van der Waals surface area contributed by atoms with Crippen LogP contribution in [0.2, 0.25) is 5.02 Å². The van der Waals surface area contributed by atoms with Crippen LogP contribution in [0.5, 0.6) is 0 Å². The van der Waals surface area contributed by atoms with Crippen molar-refractivity contribution >= 4 is 28.9 Å². The number of amides is 1. The van der Waals surface area contributed by atoms with Crippen molar-refractivity contribution in [3.8, 4) is 0 Å². The third-order valence-electron chi connectivity index (χ3n) is 4.50. The summed E-state index contributed by atoms with van der Waals surface area (Å²) in [5.41, 5.74) is 0.483. The molecule has 1 fully saturated rings. The predicted molar refractivity (Wildman–Crippen MR) is 99.9 cm³/mol. The van der Waals surface area contributed by atoms with Crippen LogP contribution in [0, 0.1) is 11.6 Å². The highest BCUT2D eigenvalue weighted by Crippen LogP contribution is 2.26. The van der Waals surface area contributed by atoms with Crippen molar-refractivity contribution < 1.29 is 13.6 Å². The quantitative estimate of drug-likeness (QED) is 0.828. The van der Waals surface area contributed by atoms with Crippen LogP contribution in [0.25, 0.3) is 0 Å². The van der Waals surface area contributed by atoms with E-state index in [1.54, 1.807) is 12.1 Å². The molecule has 4 nitrogen and oxygen atoms in total. The van der Waals surface area contributed by atoms with Crippen LogP contribution in [0.4, 0.5) is 20.2 Å². The van der Waals surface area contributed by atoms with Gasteiger partial charge in [-0.3, -0.25) is 4.79 Å². The van der Waals surface area contributed by atoms with Gasteiger partial charge in [0.05, 0.1) is 22.0 Å². The highest BCUT2D eigenvalue weighted by molar-refractivity contribution is 6.34. The van der Waals surface area contributed by atoms with Gasteiger partial charge >= 0.3 is 0 Å². The molecular weight excluding hydrogens is 360 g/mol. The van der Waals surface area contributed by atoms with E-state index < -0.39 is 17.5 Å². The lowest BCUT2D eigenvalue weighted by Crippen LogP contribution is -2.36. The van der Waals surface area contributed by atoms with Crippen molar-refractivity contribution in [2.24, 2.45) is 0 Å². The lowest BCUT2D eigenvalue weighted by Gasteiger charge is -2.30. The Morgan fingerprint density at radius 3 is 2.54 bits per heavy atom. The zero-order valence-corrected chi connectivity index (χ0v) is 15.1. The van der Waals surface area contributed by atoms with Crippen molar-refractivity contribution in [1.29, 1.82) is 0 Å². The van der Waals surface area contributed by atoms with Crippen molar-refractivity contribution in [3.63, 3.8) is 0 Å². The average Bonchev–Trinajstić information content (AvgIpc) is 2.60. The fourth-order valence-corrected chi connectivity index (χ4v) is 3.23. The van der Waals surface area contributed by atoms with Gasteiger partial charge in [0.1, 0.15) is 5.82 Å². The van der Waals surface area contributed by atoms with Crippen molar-refractivity contribution in [2.45, 2.75) is 18.9 Å². The number of carbonyl (C=O) groups excluding carboxylic acids is 1. The summed E-state index contributed by atoms with van der Waals surface area (Å²) in [5.74, 6) is -1.66. The number of benzene rings is 2. The van der Waals surface area contributed by atoms with Crippen LogP contribution in [0.15, 0.2) is 36.4 Å². The molecule has 0 aromatic heterocycles. The summed E-state index contributed by atoms with van der Waals surface area (Å²) < 4.78 is 27.9. The number of anilines is 2. The Morgan fingerprint density at radius 1 is 1.15 bits per heavy atom. The Morgan fingerprint density at radius 2 is 1.85 bits per heavy atom. The van der Waals surface area contributed by atoms with Crippen LogP contribution in [0.3, 0.4) is 0 Å². The Labute approximate surface area is 156 Å². The maximum atomic E-state index is 14.8. The van der Waals surface area contributed by atoms with Gasteiger partial charge in [-0.15, -0.1) is 0 Å². The first-order chi connectivity index (χ1) is 12.4. The molecule has 3 rings (SSSR count). The van der Waals surface area contributed by atoms with E-state index in [1.807, 2.05) is 0 Å². The lowest BCUT2D eigenvalue weighted by molar-refractivity contribution is 0.102. The largest absolute Gasteiger partial charge is 0.380 e. The normalized spacial score (nSPS) is 15.7.